The van der Waals surface area contributed by atoms with Crippen LogP contribution in [0.1, 0.15) is 34.1 Å². The van der Waals surface area contributed by atoms with Crippen LogP contribution in [-0.2, 0) is 4.79 Å². The molecule has 0 aromatic heterocycles. The molecule has 1 amide bonds. The summed E-state index contributed by atoms with van der Waals surface area (Å²) in [5.74, 6) is 0.687. The predicted molar refractivity (Wildman–Crippen MR) is 49.5 cm³/mol. The largest absolute Gasteiger partial charge is 0.348 e. The van der Waals surface area contributed by atoms with Crippen LogP contribution in [0.25, 0.3) is 0 Å². The van der Waals surface area contributed by atoms with Crippen LogP contribution in [0.2, 0.25) is 0 Å². The van der Waals surface area contributed by atoms with Gasteiger partial charge in [-0.25, -0.2) is 0 Å². The maximum atomic E-state index is 10.0. The molecule has 0 aliphatic heterocycles. The third-order valence-electron chi connectivity index (χ3n) is 1.24. The van der Waals surface area contributed by atoms with E-state index in [0.717, 1.165) is 19.4 Å². The van der Waals surface area contributed by atoms with Crippen molar-refractivity contribution in [3.8, 4) is 0 Å². The van der Waals surface area contributed by atoms with Gasteiger partial charge in [0, 0.05) is 13.6 Å². The molecule has 68 valence electrons. The van der Waals surface area contributed by atoms with E-state index in [1.165, 1.54) is 0 Å². The number of hydrogen-bond acceptors (Lipinski definition) is 1. The summed E-state index contributed by atoms with van der Waals surface area (Å²) in [6.07, 6.45) is 1.96. The van der Waals surface area contributed by atoms with Gasteiger partial charge in [-0.3, -0.25) is 4.79 Å². The Bertz CT molecular complexity index is 81.6. The number of carbonyl (C=O) groups excluding carboxylic acids is 1. The van der Waals surface area contributed by atoms with Crippen molar-refractivity contribution in [2.45, 2.75) is 34.1 Å². The van der Waals surface area contributed by atoms with Gasteiger partial charge in [-0.1, -0.05) is 27.7 Å². The Kier molecular flexibility index (Phi) is 11.3. The number of nitrogens with zero attached hydrogens (tertiary/aromatic N) is 1. The highest BCUT2D eigenvalue weighted by molar-refractivity contribution is 5.46. The molecule has 0 N–H and O–H groups in total. The summed E-state index contributed by atoms with van der Waals surface area (Å²) in [6.45, 7) is 9.18. The normalized spacial score (nSPS) is 8.55. The lowest BCUT2D eigenvalue weighted by Crippen LogP contribution is -2.18. The lowest BCUT2D eigenvalue weighted by Gasteiger charge is -2.11. The molecule has 0 saturated carbocycles. The van der Waals surface area contributed by atoms with Gasteiger partial charge in [0.2, 0.25) is 6.41 Å². The maximum Gasteiger partial charge on any atom is 0.209 e. The highest BCUT2D eigenvalue weighted by atomic mass is 16.1. The first-order chi connectivity index (χ1) is 5.16. The Labute approximate surface area is 70.6 Å². The zero-order valence-corrected chi connectivity index (χ0v) is 8.42. The van der Waals surface area contributed by atoms with Gasteiger partial charge in [-0.2, -0.15) is 0 Å². The lowest BCUT2D eigenvalue weighted by molar-refractivity contribution is -0.117. The van der Waals surface area contributed by atoms with Crippen molar-refractivity contribution < 1.29 is 4.79 Å². The standard InChI is InChI=1S/C7H15NO.C2H6/c1-7(2)4-5-8(3)6-9;1-2/h6-7H,4-5H2,1-3H3;1-2H3. The zero-order chi connectivity index (χ0) is 9.28. The molecule has 0 aliphatic rings. The van der Waals surface area contributed by atoms with Crippen molar-refractivity contribution in [3.63, 3.8) is 0 Å². The molecule has 0 aromatic carbocycles. The van der Waals surface area contributed by atoms with E-state index in [2.05, 4.69) is 13.8 Å². The molecule has 2 nitrogen and oxygen atoms in total. The fourth-order valence-electron chi connectivity index (χ4n) is 0.515. The van der Waals surface area contributed by atoms with E-state index in [1.807, 2.05) is 13.8 Å². The van der Waals surface area contributed by atoms with Gasteiger partial charge in [-0.15, -0.1) is 0 Å². The molecular formula is C9H21NO. The van der Waals surface area contributed by atoms with Crippen molar-refractivity contribution in [2.24, 2.45) is 5.92 Å². The Hall–Kier alpha value is -0.530. The van der Waals surface area contributed by atoms with Crippen LogP contribution in [0.15, 0.2) is 0 Å². The number of amides is 1. The molecule has 0 radical (unpaired) electrons. The average molecular weight is 159 g/mol. The summed E-state index contributed by atoms with van der Waals surface area (Å²) < 4.78 is 0. The van der Waals surface area contributed by atoms with E-state index in [-0.39, 0.29) is 0 Å². The third-order valence-corrected chi connectivity index (χ3v) is 1.24. The summed E-state index contributed by atoms with van der Waals surface area (Å²) in [4.78, 5) is 11.7. The summed E-state index contributed by atoms with van der Waals surface area (Å²) >= 11 is 0. The first-order valence-corrected chi connectivity index (χ1v) is 4.32. The van der Waals surface area contributed by atoms with Gasteiger partial charge >= 0.3 is 0 Å². The summed E-state index contributed by atoms with van der Waals surface area (Å²) in [6, 6.07) is 0. The van der Waals surface area contributed by atoms with Gasteiger partial charge in [0.1, 0.15) is 0 Å². The van der Waals surface area contributed by atoms with Crippen LogP contribution in [0.4, 0.5) is 0 Å². The van der Waals surface area contributed by atoms with Gasteiger partial charge in [0.15, 0.2) is 0 Å². The monoisotopic (exact) mass is 159 g/mol. The molecular weight excluding hydrogens is 138 g/mol. The fourth-order valence-corrected chi connectivity index (χ4v) is 0.515. The molecule has 0 spiro atoms. The van der Waals surface area contributed by atoms with Crippen molar-refractivity contribution in [1.82, 2.24) is 4.90 Å². The number of carbonyl (C=O) groups is 1. The molecule has 0 saturated heterocycles. The smallest absolute Gasteiger partial charge is 0.209 e. The Morgan fingerprint density at radius 2 is 1.82 bits per heavy atom. The molecule has 0 aliphatic carbocycles. The second-order valence-corrected chi connectivity index (χ2v) is 2.77. The van der Waals surface area contributed by atoms with Crippen LogP contribution >= 0.6 is 0 Å². The lowest BCUT2D eigenvalue weighted by atomic mass is 10.1. The number of hydrogen-bond donors (Lipinski definition) is 0. The van der Waals surface area contributed by atoms with E-state index in [4.69, 9.17) is 0 Å². The SMILES string of the molecule is CC.CC(C)CCN(C)C=O. The number of rotatable bonds is 4. The maximum absolute atomic E-state index is 10.0. The molecule has 0 unspecified atom stereocenters. The minimum absolute atomic E-state index is 0.687. The minimum atomic E-state index is 0.687. The topological polar surface area (TPSA) is 20.3 Å². The summed E-state index contributed by atoms with van der Waals surface area (Å²) in [5, 5.41) is 0. The summed E-state index contributed by atoms with van der Waals surface area (Å²) in [7, 11) is 1.80. The zero-order valence-electron chi connectivity index (χ0n) is 8.42. The van der Waals surface area contributed by atoms with Crippen molar-refractivity contribution in [2.75, 3.05) is 13.6 Å². The van der Waals surface area contributed by atoms with Crippen molar-refractivity contribution in [1.29, 1.82) is 0 Å². The molecule has 11 heavy (non-hydrogen) atoms. The predicted octanol–water partition coefficient (Wildman–Crippen LogP) is 2.15. The van der Waals surface area contributed by atoms with Crippen LogP contribution in [-0.4, -0.2) is 24.9 Å². The van der Waals surface area contributed by atoms with E-state index in [0.29, 0.717) is 5.92 Å². The quantitative estimate of drug-likeness (QED) is 0.575. The second kappa shape index (κ2) is 9.47. The Balaban J connectivity index is 0. The fraction of sp³-hybridized carbons (Fsp3) is 0.889. The molecule has 0 aromatic rings. The van der Waals surface area contributed by atoms with Crippen LogP contribution in [0, 0.1) is 5.92 Å². The first-order valence-electron chi connectivity index (χ1n) is 4.32. The van der Waals surface area contributed by atoms with Crippen molar-refractivity contribution >= 4 is 6.41 Å². The van der Waals surface area contributed by atoms with Gasteiger partial charge in [-0.05, 0) is 12.3 Å². The second-order valence-electron chi connectivity index (χ2n) is 2.77. The average Bonchev–Trinajstić information content (AvgIpc) is 2.04. The Morgan fingerprint density at radius 3 is 2.09 bits per heavy atom. The van der Waals surface area contributed by atoms with E-state index >= 15 is 0 Å². The molecule has 0 heterocycles. The molecule has 0 atom stereocenters. The van der Waals surface area contributed by atoms with Crippen LogP contribution in [0.5, 0.6) is 0 Å². The molecule has 0 fully saturated rings. The highest BCUT2D eigenvalue weighted by Gasteiger charge is 1.95. The van der Waals surface area contributed by atoms with Crippen LogP contribution < -0.4 is 0 Å². The van der Waals surface area contributed by atoms with Gasteiger partial charge in [0.25, 0.3) is 0 Å². The summed E-state index contributed by atoms with van der Waals surface area (Å²) in [5.41, 5.74) is 0. The van der Waals surface area contributed by atoms with E-state index in [9.17, 15) is 4.79 Å². The van der Waals surface area contributed by atoms with Crippen LogP contribution in [0.3, 0.4) is 0 Å². The minimum Gasteiger partial charge on any atom is -0.348 e. The molecule has 2 heteroatoms. The van der Waals surface area contributed by atoms with Gasteiger partial charge in [0.05, 0.1) is 0 Å². The van der Waals surface area contributed by atoms with E-state index < -0.39 is 0 Å². The molecule has 0 rings (SSSR count). The highest BCUT2D eigenvalue weighted by Crippen LogP contribution is 1.98. The van der Waals surface area contributed by atoms with Crippen molar-refractivity contribution in [3.05, 3.63) is 0 Å². The van der Waals surface area contributed by atoms with Gasteiger partial charge < -0.3 is 4.90 Å². The first kappa shape index (κ1) is 13.1. The Morgan fingerprint density at radius 1 is 1.36 bits per heavy atom. The third kappa shape index (κ3) is 12.6. The van der Waals surface area contributed by atoms with E-state index in [1.54, 1.807) is 11.9 Å². The molecule has 0 bridgehead atoms.